The molecule has 1 aromatic rings. The summed E-state index contributed by atoms with van der Waals surface area (Å²) in [5.74, 6) is 0. The summed E-state index contributed by atoms with van der Waals surface area (Å²) in [7, 11) is 0. The summed E-state index contributed by atoms with van der Waals surface area (Å²) in [5, 5.41) is 4.84. The predicted octanol–water partition coefficient (Wildman–Crippen LogP) is 3.15. The van der Waals surface area contributed by atoms with Crippen LogP contribution in [0, 0.1) is 0 Å². The Hall–Kier alpha value is -0.760. The van der Waals surface area contributed by atoms with Crippen LogP contribution in [0.5, 0.6) is 0 Å². The van der Waals surface area contributed by atoms with E-state index in [1.807, 2.05) is 11.6 Å². The second-order valence-electron chi connectivity index (χ2n) is 3.16. The molecule has 0 bridgehead atoms. The zero-order valence-electron chi connectivity index (χ0n) is 7.63. The maximum Gasteiger partial charge on any atom is 0.0862 e. The second kappa shape index (κ2) is 3.31. The third-order valence-corrected chi connectivity index (χ3v) is 1.92. The molecule has 0 fully saturated rings. The lowest BCUT2D eigenvalue weighted by atomic mass is 10.2. The van der Waals surface area contributed by atoms with Crippen LogP contribution in [-0.4, -0.2) is 9.78 Å². The summed E-state index contributed by atoms with van der Waals surface area (Å²) in [4.78, 5) is 0. The van der Waals surface area contributed by atoms with Gasteiger partial charge in [0.15, 0.2) is 0 Å². The first kappa shape index (κ1) is 9.33. The molecular weight excluding hydrogens is 172 g/mol. The molecule has 0 aliphatic rings. The van der Waals surface area contributed by atoms with Gasteiger partial charge in [0.2, 0.25) is 0 Å². The molecule has 12 heavy (non-hydrogen) atoms. The number of hydrogen-bond acceptors (Lipinski definition) is 1. The highest BCUT2D eigenvalue weighted by atomic mass is 35.5. The van der Waals surface area contributed by atoms with Crippen molar-refractivity contribution < 1.29 is 0 Å². The fraction of sp³-hybridized carbons (Fsp3) is 0.444. The van der Waals surface area contributed by atoms with Crippen LogP contribution in [0.2, 0.25) is 5.02 Å². The monoisotopic (exact) mass is 184 g/mol. The van der Waals surface area contributed by atoms with Crippen LogP contribution in [0.15, 0.2) is 12.8 Å². The highest BCUT2D eigenvalue weighted by Crippen LogP contribution is 2.24. The van der Waals surface area contributed by atoms with Crippen LogP contribution in [0.25, 0.3) is 5.57 Å². The van der Waals surface area contributed by atoms with E-state index in [2.05, 4.69) is 25.5 Å². The van der Waals surface area contributed by atoms with Gasteiger partial charge in [-0.25, -0.2) is 0 Å². The molecule has 1 aromatic heterocycles. The SMILES string of the molecule is C=C(C)c1c(Cl)cnn1C(C)C. The molecule has 0 radical (unpaired) electrons. The van der Waals surface area contributed by atoms with Crippen molar-refractivity contribution in [3.8, 4) is 0 Å². The van der Waals surface area contributed by atoms with Crippen LogP contribution in [0.3, 0.4) is 0 Å². The second-order valence-corrected chi connectivity index (χ2v) is 3.57. The van der Waals surface area contributed by atoms with Crippen molar-refractivity contribution in [1.29, 1.82) is 0 Å². The molecular formula is C9H13ClN2. The Labute approximate surface area is 77.8 Å². The molecule has 0 N–H and O–H groups in total. The minimum absolute atomic E-state index is 0.323. The number of rotatable bonds is 2. The summed E-state index contributed by atoms with van der Waals surface area (Å²) in [5.41, 5.74) is 1.89. The third kappa shape index (κ3) is 1.53. The van der Waals surface area contributed by atoms with Gasteiger partial charge in [0.1, 0.15) is 0 Å². The Morgan fingerprint density at radius 1 is 1.67 bits per heavy atom. The number of allylic oxidation sites excluding steroid dienone is 1. The Kier molecular flexibility index (Phi) is 2.58. The fourth-order valence-electron chi connectivity index (χ4n) is 1.13. The molecule has 0 aliphatic carbocycles. The van der Waals surface area contributed by atoms with Gasteiger partial charge < -0.3 is 0 Å². The first-order valence-electron chi connectivity index (χ1n) is 3.93. The standard InChI is InChI=1S/C9H13ClN2/c1-6(2)9-8(10)5-11-12(9)7(3)4/h5,7H,1H2,2-4H3. The maximum atomic E-state index is 5.94. The van der Waals surface area contributed by atoms with Crippen molar-refractivity contribution >= 4 is 17.2 Å². The lowest BCUT2D eigenvalue weighted by Gasteiger charge is -2.10. The summed E-state index contributed by atoms with van der Waals surface area (Å²) < 4.78 is 1.88. The average molecular weight is 185 g/mol. The lowest BCUT2D eigenvalue weighted by Crippen LogP contribution is -2.05. The summed E-state index contributed by atoms with van der Waals surface area (Å²) in [6, 6.07) is 0.323. The number of halogens is 1. The van der Waals surface area contributed by atoms with Crippen LogP contribution in [0.1, 0.15) is 32.5 Å². The Morgan fingerprint density at radius 3 is 2.58 bits per heavy atom. The van der Waals surface area contributed by atoms with Crippen LogP contribution in [-0.2, 0) is 0 Å². The minimum atomic E-state index is 0.323. The topological polar surface area (TPSA) is 17.8 Å². The zero-order valence-corrected chi connectivity index (χ0v) is 8.39. The summed E-state index contributed by atoms with van der Waals surface area (Å²) in [6.45, 7) is 9.92. The number of aromatic nitrogens is 2. The van der Waals surface area contributed by atoms with E-state index in [9.17, 15) is 0 Å². The first-order chi connectivity index (χ1) is 5.54. The van der Waals surface area contributed by atoms with Gasteiger partial charge in [-0.05, 0) is 26.3 Å². The molecule has 1 heterocycles. The Bertz CT molecular complexity index is 299. The van der Waals surface area contributed by atoms with Crippen molar-refractivity contribution in [1.82, 2.24) is 9.78 Å². The van der Waals surface area contributed by atoms with Gasteiger partial charge in [0, 0.05) is 6.04 Å². The molecule has 0 amide bonds. The molecule has 1 rings (SSSR count). The van der Waals surface area contributed by atoms with Crippen molar-refractivity contribution in [2.45, 2.75) is 26.8 Å². The molecule has 2 nitrogen and oxygen atoms in total. The number of nitrogens with zero attached hydrogens (tertiary/aromatic N) is 2. The van der Waals surface area contributed by atoms with Crippen LogP contribution < -0.4 is 0 Å². The average Bonchev–Trinajstić information content (AvgIpc) is 2.30. The van der Waals surface area contributed by atoms with E-state index in [0.717, 1.165) is 11.3 Å². The van der Waals surface area contributed by atoms with Gasteiger partial charge in [-0.2, -0.15) is 5.10 Å². The normalized spacial score (nSPS) is 10.8. The van der Waals surface area contributed by atoms with Gasteiger partial charge in [-0.3, -0.25) is 4.68 Å². The Morgan fingerprint density at radius 2 is 2.25 bits per heavy atom. The molecule has 66 valence electrons. The van der Waals surface area contributed by atoms with Crippen molar-refractivity contribution in [3.05, 3.63) is 23.5 Å². The molecule has 0 saturated carbocycles. The van der Waals surface area contributed by atoms with Crippen LogP contribution >= 0.6 is 11.6 Å². The van der Waals surface area contributed by atoms with E-state index in [-0.39, 0.29) is 0 Å². The van der Waals surface area contributed by atoms with Crippen LogP contribution in [0.4, 0.5) is 0 Å². The third-order valence-electron chi connectivity index (χ3n) is 1.64. The largest absolute Gasteiger partial charge is 0.261 e. The van der Waals surface area contributed by atoms with Crippen molar-refractivity contribution in [3.63, 3.8) is 0 Å². The first-order valence-corrected chi connectivity index (χ1v) is 4.30. The lowest BCUT2D eigenvalue weighted by molar-refractivity contribution is 0.527. The van der Waals surface area contributed by atoms with Gasteiger partial charge >= 0.3 is 0 Å². The predicted molar refractivity (Wildman–Crippen MR) is 52.3 cm³/mol. The van der Waals surface area contributed by atoms with Gasteiger partial charge in [-0.1, -0.05) is 18.2 Å². The van der Waals surface area contributed by atoms with Crippen molar-refractivity contribution in [2.24, 2.45) is 0 Å². The zero-order chi connectivity index (χ0) is 9.30. The molecule has 0 atom stereocenters. The maximum absolute atomic E-state index is 5.94. The highest BCUT2D eigenvalue weighted by Gasteiger charge is 2.11. The summed E-state index contributed by atoms with van der Waals surface area (Å²) in [6.07, 6.45) is 1.66. The Balaban J connectivity index is 3.21. The molecule has 3 heteroatoms. The summed E-state index contributed by atoms with van der Waals surface area (Å²) >= 11 is 5.94. The van der Waals surface area contributed by atoms with E-state index < -0.39 is 0 Å². The van der Waals surface area contributed by atoms with E-state index >= 15 is 0 Å². The number of hydrogen-bond donors (Lipinski definition) is 0. The quantitative estimate of drug-likeness (QED) is 0.691. The molecule has 0 aliphatic heterocycles. The molecule has 0 unspecified atom stereocenters. The van der Waals surface area contributed by atoms with E-state index in [1.165, 1.54) is 0 Å². The van der Waals surface area contributed by atoms with Gasteiger partial charge in [0.25, 0.3) is 0 Å². The van der Waals surface area contributed by atoms with E-state index in [4.69, 9.17) is 11.6 Å². The van der Waals surface area contributed by atoms with Gasteiger partial charge in [-0.15, -0.1) is 0 Å². The van der Waals surface area contributed by atoms with Crippen molar-refractivity contribution in [2.75, 3.05) is 0 Å². The molecule has 0 saturated heterocycles. The molecule has 0 spiro atoms. The van der Waals surface area contributed by atoms with E-state index in [1.54, 1.807) is 6.20 Å². The van der Waals surface area contributed by atoms with Gasteiger partial charge in [0.05, 0.1) is 16.9 Å². The smallest absolute Gasteiger partial charge is 0.0862 e. The minimum Gasteiger partial charge on any atom is -0.261 e. The molecule has 0 aromatic carbocycles. The highest BCUT2D eigenvalue weighted by molar-refractivity contribution is 6.32. The van der Waals surface area contributed by atoms with E-state index in [0.29, 0.717) is 11.1 Å². The fourth-order valence-corrected chi connectivity index (χ4v) is 1.42.